The van der Waals surface area contributed by atoms with Gasteiger partial charge in [0.25, 0.3) is 0 Å². The highest BCUT2D eigenvalue weighted by atomic mass is 15.4. The van der Waals surface area contributed by atoms with Crippen LogP contribution in [0.25, 0.3) is 0 Å². The van der Waals surface area contributed by atoms with Crippen LogP contribution in [0.2, 0.25) is 0 Å². The Morgan fingerprint density at radius 2 is 1.04 bits per heavy atom. The van der Waals surface area contributed by atoms with Crippen LogP contribution in [0.3, 0.4) is 0 Å². The maximum absolute atomic E-state index is 2.61. The van der Waals surface area contributed by atoms with E-state index in [1.165, 1.54) is 96.6 Å². The maximum atomic E-state index is 2.61. The van der Waals surface area contributed by atoms with Crippen molar-refractivity contribution in [3.63, 3.8) is 0 Å². The van der Waals surface area contributed by atoms with Crippen molar-refractivity contribution in [1.29, 1.82) is 0 Å². The third-order valence-electron chi connectivity index (χ3n) is 5.07. The average molecular weight is 323 g/mol. The van der Waals surface area contributed by atoms with Gasteiger partial charge in [0.15, 0.2) is 0 Å². The molecular formula is C21H42N2. The summed E-state index contributed by atoms with van der Waals surface area (Å²) in [5, 5.41) is 0. The van der Waals surface area contributed by atoms with Crippen molar-refractivity contribution in [2.75, 3.05) is 13.1 Å². The summed E-state index contributed by atoms with van der Waals surface area (Å²) in [7, 11) is 0. The van der Waals surface area contributed by atoms with E-state index in [4.69, 9.17) is 0 Å². The van der Waals surface area contributed by atoms with Crippen LogP contribution in [0.1, 0.15) is 104 Å². The summed E-state index contributed by atoms with van der Waals surface area (Å²) in [5.74, 6) is 0. The molecule has 0 aliphatic carbocycles. The van der Waals surface area contributed by atoms with Gasteiger partial charge in [-0.15, -0.1) is 0 Å². The average Bonchev–Trinajstić information content (AvgIpc) is 2.95. The van der Waals surface area contributed by atoms with Gasteiger partial charge in [0.05, 0.1) is 0 Å². The number of rotatable bonds is 15. The minimum Gasteiger partial charge on any atom is -0.356 e. The molecule has 0 aromatic rings. The lowest BCUT2D eigenvalue weighted by Crippen LogP contribution is -2.39. The Kier molecular flexibility index (Phi) is 12.2. The minimum absolute atomic E-state index is 0.644. The Bertz CT molecular complexity index is 288. The Morgan fingerprint density at radius 1 is 0.565 bits per heavy atom. The van der Waals surface area contributed by atoms with Gasteiger partial charge in [-0.3, -0.25) is 0 Å². The van der Waals surface area contributed by atoms with Crippen LogP contribution < -0.4 is 0 Å². The molecule has 0 aromatic carbocycles. The highest BCUT2D eigenvalue weighted by molar-refractivity contribution is 4.96. The smallest absolute Gasteiger partial charge is 0.101 e. The number of unbranched alkanes of at least 4 members (excludes halogenated alkanes) is 9. The van der Waals surface area contributed by atoms with Crippen molar-refractivity contribution in [2.24, 2.45) is 0 Å². The standard InChI is InChI=1S/C21H42N2/c1-4-7-10-11-12-13-14-15-18-23-20-19-22(17-9-6-3)21(23)16-8-5-2/h19-21H,4-18H2,1-3H3. The van der Waals surface area contributed by atoms with Gasteiger partial charge in [-0.1, -0.05) is 78.6 Å². The van der Waals surface area contributed by atoms with Gasteiger partial charge >= 0.3 is 0 Å². The van der Waals surface area contributed by atoms with E-state index in [0.29, 0.717) is 6.17 Å². The first kappa shape index (κ1) is 20.4. The van der Waals surface area contributed by atoms with Crippen LogP contribution >= 0.6 is 0 Å². The van der Waals surface area contributed by atoms with E-state index in [0.717, 1.165) is 0 Å². The molecule has 0 N–H and O–H groups in total. The third-order valence-corrected chi connectivity index (χ3v) is 5.07. The molecule has 23 heavy (non-hydrogen) atoms. The quantitative estimate of drug-likeness (QED) is 0.316. The Morgan fingerprint density at radius 3 is 1.61 bits per heavy atom. The van der Waals surface area contributed by atoms with Gasteiger partial charge in [0.2, 0.25) is 0 Å². The second kappa shape index (κ2) is 13.7. The van der Waals surface area contributed by atoms with Crippen LogP contribution in [-0.4, -0.2) is 29.1 Å². The van der Waals surface area contributed by atoms with Crippen LogP contribution in [0.4, 0.5) is 0 Å². The SMILES string of the molecule is CCCCCCCCCCN1C=CN(CCCC)C1CCCC. The molecule has 0 radical (unpaired) electrons. The molecule has 0 aromatic heterocycles. The van der Waals surface area contributed by atoms with E-state index in [-0.39, 0.29) is 0 Å². The predicted octanol–water partition coefficient (Wildman–Crippen LogP) is 6.53. The van der Waals surface area contributed by atoms with Gasteiger partial charge in [0.1, 0.15) is 6.17 Å². The maximum Gasteiger partial charge on any atom is 0.101 e. The van der Waals surface area contributed by atoms with Crippen molar-refractivity contribution in [1.82, 2.24) is 9.80 Å². The second-order valence-corrected chi connectivity index (χ2v) is 7.23. The zero-order valence-corrected chi connectivity index (χ0v) is 16.2. The second-order valence-electron chi connectivity index (χ2n) is 7.23. The van der Waals surface area contributed by atoms with E-state index in [1.807, 2.05) is 0 Å². The normalized spacial score (nSPS) is 17.4. The van der Waals surface area contributed by atoms with Crippen molar-refractivity contribution in [3.05, 3.63) is 12.4 Å². The molecule has 0 saturated heterocycles. The fraction of sp³-hybridized carbons (Fsp3) is 0.905. The first-order valence-corrected chi connectivity index (χ1v) is 10.5. The molecule has 0 saturated carbocycles. The van der Waals surface area contributed by atoms with E-state index in [2.05, 4.69) is 43.0 Å². The molecule has 136 valence electrons. The van der Waals surface area contributed by atoms with Gasteiger partial charge < -0.3 is 9.80 Å². The van der Waals surface area contributed by atoms with Crippen LogP contribution in [0, 0.1) is 0 Å². The topological polar surface area (TPSA) is 6.48 Å². The fourth-order valence-corrected chi connectivity index (χ4v) is 3.49. The molecule has 1 rings (SSSR count). The fourth-order valence-electron chi connectivity index (χ4n) is 3.49. The Balaban J connectivity index is 2.18. The molecule has 0 spiro atoms. The molecule has 2 nitrogen and oxygen atoms in total. The summed E-state index contributed by atoms with van der Waals surface area (Å²) in [5.41, 5.74) is 0. The first-order valence-electron chi connectivity index (χ1n) is 10.5. The molecule has 1 atom stereocenters. The highest BCUT2D eigenvalue weighted by Gasteiger charge is 2.24. The monoisotopic (exact) mass is 322 g/mol. The van der Waals surface area contributed by atoms with E-state index < -0.39 is 0 Å². The molecule has 2 heteroatoms. The van der Waals surface area contributed by atoms with Gasteiger partial charge in [-0.05, 0) is 25.7 Å². The van der Waals surface area contributed by atoms with Crippen LogP contribution in [-0.2, 0) is 0 Å². The zero-order chi connectivity index (χ0) is 16.8. The van der Waals surface area contributed by atoms with Crippen molar-refractivity contribution >= 4 is 0 Å². The number of nitrogens with zero attached hydrogens (tertiary/aromatic N) is 2. The largest absolute Gasteiger partial charge is 0.356 e. The van der Waals surface area contributed by atoms with Gasteiger partial charge in [0, 0.05) is 25.5 Å². The zero-order valence-electron chi connectivity index (χ0n) is 16.2. The van der Waals surface area contributed by atoms with E-state index in [1.54, 1.807) is 0 Å². The van der Waals surface area contributed by atoms with Crippen LogP contribution in [0.15, 0.2) is 12.4 Å². The molecule has 0 fully saturated rings. The number of hydrogen-bond donors (Lipinski definition) is 0. The van der Waals surface area contributed by atoms with E-state index >= 15 is 0 Å². The number of hydrogen-bond acceptors (Lipinski definition) is 2. The van der Waals surface area contributed by atoms with Crippen molar-refractivity contribution in [3.8, 4) is 0 Å². The van der Waals surface area contributed by atoms with Gasteiger partial charge in [-0.2, -0.15) is 0 Å². The minimum atomic E-state index is 0.644. The molecule has 1 heterocycles. The summed E-state index contributed by atoms with van der Waals surface area (Å²) < 4.78 is 0. The summed E-state index contributed by atoms with van der Waals surface area (Å²) in [6, 6.07) is 0. The van der Waals surface area contributed by atoms with E-state index in [9.17, 15) is 0 Å². The summed E-state index contributed by atoms with van der Waals surface area (Å²) >= 11 is 0. The molecular weight excluding hydrogens is 280 g/mol. The summed E-state index contributed by atoms with van der Waals surface area (Å²) in [6.45, 7) is 9.38. The van der Waals surface area contributed by atoms with Crippen molar-refractivity contribution < 1.29 is 0 Å². The lowest BCUT2D eigenvalue weighted by molar-refractivity contribution is 0.137. The summed E-state index contributed by atoms with van der Waals surface area (Å²) in [4.78, 5) is 5.20. The molecule has 0 bridgehead atoms. The molecule has 1 aliphatic rings. The molecule has 1 unspecified atom stereocenters. The Hall–Kier alpha value is -0.660. The van der Waals surface area contributed by atoms with Crippen molar-refractivity contribution in [2.45, 2.75) is 110 Å². The lowest BCUT2D eigenvalue weighted by atomic mass is 10.1. The van der Waals surface area contributed by atoms with Crippen LogP contribution in [0.5, 0.6) is 0 Å². The predicted molar refractivity (Wildman–Crippen MR) is 103 cm³/mol. The molecule has 0 amide bonds. The Labute approximate surface area is 146 Å². The van der Waals surface area contributed by atoms with Gasteiger partial charge in [-0.25, -0.2) is 0 Å². The highest BCUT2D eigenvalue weighted by Crippen LogP contribution is 2.22. The first-order chi connectivity index (χ1) is 11.3. The lowest BCUT2D eigenvalue weighted by Gasteiger charge is -2.33. The summed E-state index contributed by atoms with van der Waals surface area (Å²) in [6.07, 6.45) is 23.3. The third kappa shape index (κ3) is 8.67. The molecule has 1 aliphatic heterocycles.